The molecule has 2 aromatic heterocycles. The molecule has 1 saturated heterocycles. The standard InChI is InChI=1S/C43H47ClN6O6S/c1-24-25(2)57-43-35(24)38(27-15-17-28(44)18-16-27)46-31(41-49-48-26(3)50(41)43)23-34(52)45-21-10-8-6-4-5-7-9-11-22-56-32-14-12-13-29-36(32)40(54)37(39(29)53)30-19-20-33(51)47-42(30)55/h12-18,30-31,37H,4-11,19-23H2,1-3H3,(H,45,52)(H,47,51,55)/t30?,31-,37?/m0/s1. The van der Waals surface area contributed by atoms with Crippen molar-refractivity contribution in [1.29, 1.82) is 0 Å². The van der Waals surface area contributed by atoms with Crippen LogP contribution in [-0.4, -0.2) is 62.9 Å². The number of carbonyl (C=O) groups excluding carboxylic acids is 5. The lowest BCUT2D eigenvalue weighted by atomic mass is 9.82. The summed E-state index contributed by atoms with van der Waals surface area (Å²) in [6.07, 6.45) is 8.47. The largest absolute Gasteiger partial charge is 0.493 e. The fraction of sp³-hybridized carbons (Fsp3) is 0.442. The summed E-state index contributed by atoms with van der Waals surface area (Å²) in [6.45, 7) is 7.16. The van der Waals surface area contributed by atoms with Crippen molar-refractivity contribution in [3.63, 3.8) is 0 Å². The Hall–Kier alpha value is -5.01. The van der Waals surface area contributed by atoms with Gasteiger partial charge in [0.05, 0.1) is 36.1 Å². The Morgan fingerprint density at radius 2 is 1.63 bits per heavy atom. The average molecular weight is 811 g/mol. The number of amides is 3. The summed E-state index contributed by atoms with van der Waals surface area (Å²) in [4.78, 5) is 70.1. The van der Waals surface area contributed by atoms with Crippen molar-refractivity contribution >= 4 is 57.9 Å². The number of halogens is 1. The first-order valence-electron chi connectivity index (χ1n) is 19.8. The molecule has 4 aromatic rings. The van der Waals surface area contributed by atoms with Gasteiger partial charge in [-0.05, 0) is 63.8 Å². The number of benzene rings is 2. The number of hydrogen-bond donors (Lipinski definition) is 2. The Bertz CT molecular complexity index is 2240. The van der Waals surface area contributed by atoms with Crippen LogP contribution in [0.15, 0.2) is 47.5 Å². The monoisotopic (exact) mass is 810 g/mol. The van der Waals surface area contributed by atoms with Gasteiger partial charge in [-0.3, -0.25) is 38.8 Å². The third-order valence-electron chi connectivity index (χ3n) is 11.2. The van der Waals surface area contributed by atoms with Gasteiger partial charge in [0, 0.05) is 39.6 Å². The molecule has 0 radical (unpaired) electrons. The SMILES string of the molecule is Cc1sc2c(c1C)C(c1ccc(Cl)cc1)=N[C@@H](CC(=O)NCCCCCCCCCCOc1cccc3c1C(=O)C(C1CCC(=O)NC1=O)C3=O)c1nnc(C)n1-2. The van der Waals surface area contributed by atoms with Crippen LogP contribution in [0.3, 0.4) is 0 Å². The van der Waals surface area contributed by atoms with Gasteiger partial charge in [-0.1, -0.05) is 74.4 Å². The summed E-state index contributed by atoms with van der Waals surface area (Å²) in [5.41, 5.74) is 4.48. The molecule has 12 nitrogen and oxygen atoms in total. The quantitative estimate of drug-likeness (QED) is 0.0666. The van der Waals surface area contributed by atoms with Gasteiger partial charge in [0.2, 0.25) is 17.7 Å². The molecule has 2 aliphatic heterocycles. The van der Waals surface area contributed by atoms with Crippen molar-refractivity contribution in [2.45, 2.75) is 97.4 Å². The maximum Gasteiger partial charge on any atom is 0.230 e. The summed E-state index contributed by atoms with van der Waals surface area (Å²) < 4.78 is 8.03. The third kappa shape index (κ3) is 8.50. The highest BCUT2D eigenvalue weighted by molar-refractivity contribution is 7.15. The van der Waals surface area contributed by atoms with Crippen molar-refractivity contribution < 1.29 is 28.7 Å². The summed E-state index contributed by atoms with van der Waals surface area (Å²) in [5, 5.41) is 15.9. The lowest BCUT2D eigenvalue weighted by Gasteiger charge is -2.24. The van der Waals surface area contributed by atoms with Gasteiger partial charge in [0.15, 0.2) is 17.4 Å². The van der Waals surface area contributed by atoms with E-state index in [1.54, 1.807) is 29.5 Å². The van der Waals surface area contributed by atoms with Crippen LogP contribution in [0.4, 0.5) is 0 Å². The number of hydrogen-bond acceptors (Lipinski definition) is 10. The molecule has 7 rings (SSSR count). The van der Waals surface area contributed by atoms with E-state index >= 15 is 0 Å². The van der Waals surface area contributed by atoms with E-state index < -0.39 is 29.6 Å². The minimum absolute atomic E-state index is 0.0719. The number of aryl methyl sites for hydroxylation is 2. The van der Waals surface area contributed by atoms with Crippen LogP contribution < -0.4 is 15.4 Å². The number of unbranched alkanes of at least 4 members (excludes halogenated alkanes) is 7. The Morgan fingerprint density at radius 3 is 2.37 bits per heavy atom. The molecule has 1 fully saturated rings. The molecule has 2 unspecified atom stereocenters. The highest BCUT2D eigenvalue weighted by Crippen LogP contribution is 2.41. The van der Waals surface area contributed by atoms with Gasteiger partial charge >= 0.3 is 0 Å². The number of imide groups is 1. The fourth-order valence-electron chi connectivity index (χ4n) is 8.02. The zero-order chi connectivity index (χ0) is 40.2. The predicted octanol–water partition coefficient (Wildman–Crippen LogP) is 7.55. The number of piperidine rings is 1. The van der Waals surface area contributed by atoms with Crippen molar-refractivity contribution in [2.24, 2.45) is 16.8 Å². The third-order valence-corrected chi connectivity index (χ3v) is 12.6. The van der Waals surface area contributed by atoms with E-state index in [2.05, 4.69) is 39.2 Å². The van der Waals surface area contributed by atoms with Crippen LogP contribution in [0.2, 0.25) is 5.02 Å². The smallest absolute Gasteiger partial charge is 0.230 e. The van der Waals surface area contributed by atoms with E-state index in [9.17, 15) is 24.0 Å². The van der Waals surface area contributed by atoms with Gasteiger partial charge in [0.25, 0.3) is 0 Å². The number of fused-ring (bicyclic) bond motifs is 4. The average Bonchev–Trinajstić information content (AvgIpc) is 3.76. The first-order chi connectivity index (χ1) is 27.5. The minimum Gasteiger partial charge on any atom is -0.493 e. The molecule has 298 valence electrons. The number of aliphatic imine (C=N–C) groups is 1. The van der Waals surface area contributed by atoms with E-state index in [1.807, 2.05) is 31.2 Å². The summed E-state index contributed by atoms with van der Waals surface area (Å²) >= 11 is 7.91. The van der Waals surface area contributed by atoms with Crippen LogP contribution in [0.1, 0.15) is 131 Å². The molecule has 3 atom stereocenters. The number of ether oxygens (including phenoxy) is 1. The molecule has 2 aromatic carbocycles. The second kappa shape index (κ2) is 17.6. The number of thiophene rings is 1. The lowest BCUT2D eigenvalue weighted by molar-refractivity contribution is -0.137. The highest BCUT2D eigenvalue weighted by Gasteiger charge is 2.48. The van der Waals surface area contributed by atoms with E-state index in [-0.39, 0.29) is 48.0 Å². The second-order valence-electron chi connectivity index (χ2n) is 15.1. The van der Waals surface area contributed by atoms with Crippen molar-refractivity contribution in [1.82, 2.24) is 25.4 Å². The van der Waals surface area contributed by atoms with E-state index in [4.69, 9.17) is 21.3 Å². The molecular weight excluding hydrogens is 764 g/mol. The Kier molecular flexibility index (Phi) is 12.4. The second-order valence-corrected chi connectivity index (χ2v) is 16.7. The maximum atomic E-state index is 13.3. The van der Waals surface area contributed by atoms with Crippen LogP contribution in [-0.2, 0) is 14.4 Å². The molecule has 14 heteroatoms. The van der Waals surface area contributed by atoms with Gasteiger partial charge in [-0.2, -0.15) is 0 Å². The van der Waals surface area contributed by atoms with Crippen LogP contribution >= 0.6 is 22.9 Å². The molecule has 1 aliphatic carbocycles. The number of nitrogens with zero attached hydrogens (tertiary/aromatic N) is 4. The van der Waals surface area contributed by atoms with Crippen LogP contribution in [0.25, 0.3) is 5.00 Å². The summed E-state index contributed by atoms with van der Waals surface area (Å²) in [6, 6.07) is 12.1. The molecule has 0 spiro atoms. The van der Waals surface area contributed by atoms with E-state index in [0.29, 0.717) is 29.7 Å². The Balaban J connectivity index is 0.819. The molecule has 57 heavy (non-hydrogen) atoms. The number of ketones is 2. The van der Waals surface area contributed by atoms with Gasteiger partial charge in [-0.25, -0.2) is 0 Å². The van der Waals surface area contributed by atoms with E-state index in [0.717, 1.165) is 84.6 Å². The predicted molar refractivity (Wildman–Crippen MR) is 218 cm³/mol. The number of Topliss-reactive ketones (excluding diaryl/α,β-unsaturated/α-hetero) is 2. The molecule has 0 saturated carbocycles. The lowest BCUT2D eigenvalue weighted by Crippen LogP contribution is -2.46. The number of nitrogens with one attached hydrogen (secondary N) is 2. The topological polar surface area (TPSA) is 162 Å². The van der Waals surface area contributed by atoms with Crippen molar-refractivity contribution in [3.8, 4) is 10.8 Å². The Labute approximate surface area is 340 Å². The van der Waals surface area contributed by atoms with E-state index in [1.165, 1.54) is 4.88 Å². The van der Waals surface area contributed by atoms with Crippen LogP contribution in [0, 0.1) is 32.6 Å². The summed E-state index contributed by atoms with van der Waals surface area (Å²) in [5.74, 6) is -1.96. The van der Waals surface area contributed by atoms with Gasteiger partial charge in [0.1, 0.15) is 22.6 Å². The minimum atomic E-state index is -1.11. The number of aromatic nitrogens is 3. The normalized spacial score (nSPS) is 18.7. The molecule has 0 bridgehead atoms. The zero-order valence-corrected chi connectivity index (χ0v) is 34.1. The first-order valence-corrected chi connectivity index (χ1v) is 21.0. The van der Waals surface area contributed by atoms with Gasteiger partial charge in [-0.15, -0.1) is 21.5 Å². The number of carbonyl (C=O) groups is 5. The Morgan fingerprint density at radius 1 is 0.912 bits per heavy atom. The van der Waals surface area contributed by atoms with Crippen molar-refractivity contribution in [3.05, 3.63) is 91.8 Å². The summed E-state index contributed by atoms with van der Waals surface area (Å²) in [7, 11) is 0. The highest BCUT2D eigenvalue weighted by atomic mass is 35.5. The zero-order valence-electron chi connectivity index (χ0n) is 32.5. The molecule has 3 aliphatic rings. The first kappa shape index (κ1) is 40.2. The van der Waals surface area contributed by atoms with Crippen LogP contribution in [0.5, 0.6) is 5.75 Å². The molecular formula is C43H47ClN6O6S. The van der Waals surface area contributed by atoms with Crippen molar-refractivity contribution in [2.75, 3.05) is 13.2 Å². The van der Waals surface area contributed by atoms with Gasteiger partial charge < -0.3 is 10.1 Å². The number of rotatable bonds is 16. The maximum absolute atomic E-state index is 13.3. The molecule has 2 N–H and O–H groups in total. The molecule has 3 amide bonds. The molecule has 4 heterocycles. The fourth-order valence-corrected chi connectivity index (χ4v) is 9.36.